The van der Waals surface area contributed by atoms with Crippen molar-refractivity contribution >= 4 is 17.9 Å². The van der Waals surface area contributed by atoms with Gasteiger partial charge in [-0.25, -0.2) is 14.4 Å². The molecule has 0 unspecified atom stereocenters. The van der Waals surface area contributed by atoms with E-state index in [1.54, 1.807) is 19.1 Å². The third kappa shape index (κ3) is 15.8. The zero-order chi connectivity index (χ0) is 54.8. The van der Waals surface area contributed by atoms with E-state index in [1.165, 1.54) is 55.3 Å². The smallest absolute Gasteiger partial charge is 0.432 e. The van der Waals surface area contributed by atoms with Crippen LogP contribution in [0.25, 0.3) is 0 Å². The molecule has 4 heterocycles. The number of methoxy groups -OCH3 is 2. The number of carbonyl (C=O) groups is 3. The van der Waals surface area contributed by atoms with E-state index < -0.39 is 71.4 Å². The van der Waals surface area contributed by atoms with Crippen molar-refractivity contribution in [1.29, 1.82) is 0 Å². The minimum atomic E-state index is -5.14. The summed E-state index contributed by atoms with van der Waals surface area (Å²) in [6, 6.07) is 13.5. The van der Waals surface area contributed by atoms with Gasteiger partial charge in [0.15, 0.2) is 0 Å². The SMILES string of the molecule is CCCCCCCCCC[C@H](OC(=O)[C@@](OC)(c1ccccc1)C(F)(F)F)[C@H]1CC[C@H]([C@H]2CC[C@@H]([C@@H]3CC[C@@H](CCCCCCC[C@H](CC4=C[C@H](C)OC4=O)OC(=O)[C@@](OC)(c4ccccc4)C(F)(F)F)O3)OCO2)O1. The van der Waals surface area contributed by atoms with Crippen LogP contribution in [0.3, 0.4) is 0 Å². The number of hydrogen-bond donors (Lipinski definition) is 0. The maximum atomic E-state index is 14.9. The van der Waals surface area contributed by atoms with Gasteiger partial charge in [0.25, 0.3) is 11.2 Å². The second kappa shape index (κ2) is 29.2. The van der Waals surface area contributed by atoms with Crippen LogP contribution in [-0.4, -0.2) is 106 Å². The van der Waals surface area contributed by atoms with E-state index in [0.717, 1.165) is 103 Å². The molecule has 3 saturated heterocycles. The maximum Gasteiger partial charge on any atom is 0.432 e. The molecule has 2 aromatic rings. The van der Waals surface area contributed by atoms with Gasteiger partial charge in [0.05, 0.1) is 36.6 Å². The van der Waals surface area contributed by atoms with E-state index in [4.69, 9.17) is 42.6 Å². The lowest BCUT2D eigenvalue weighted by atomic mass is 9.92. The van der Waals surface area contributed by atoms with E-state index in [1.807, 2.05) is 0 Å². The van der Waals surface area contributed by atoms with Crippen molar-refractivity contribution in [2.24, 2.45) is 0 Å². The van der Waals surface area contributed by atoms with Crippen molar-refractivity contribution in [2.75, 3.05) is 21.0 Å². The van der Waals surface area contributed by atoms with Gasteiger partial charge in [-0.2, -0.15) is 26.3 Å². The number of benzene rings is 2. The fourth-order valence-electron chi connectivity index (χ4n) is 11.3. The van der Waals surface area contributed by atoms with Crippen LogP contribution in [0.15, 0.2) is 72.3 Å². The van der Waals surface area contributed by atoms with E-state index in [9.17, 15) is 40.7 Å². The number of hydrogen-bond acceptors (Lipinski definition) is 12. The van der Waals surface area contributed by atoms with Crippen molar-refractivity contribution < 1.29 is 83.4 Å². The van der Waals surface area contributed by atoms with Crippen molar-refractivity contribution in [3.8, 4) is 0 Å². The van der Waals surface area contributed by atoms with Gasteiger partial charge in [0.1, 0.15) is 25.1 Å². The third-order valence-electron chi connectivity index (χ3n) is 15.5. The molecular weight excluding hydrogens is 1000 g/mol. The first-order valence-corrected chi connectivity index (χ1v) is 27.7. The lowest BCUT2D eigenvalue weighted by Gasteiger charge is -2.35. The number of ether oxygens (including phenoxy) is 9. The Morgan fingerprint density at radius 2 is 1.09 bits per heavy atom. The molecule has 76 heavy (non-hydrogen) atoms. The molecule has 12 nitrogen and oxygen atoms in total. The van der Waals surface area contributed by atoms with Crippen LogP contribution in [-0.2, 0) is 68.2 Å². The van der Waals surface area contributed by atoms with E-state index in [2.05, 4.69) is 6.92 Å². The maximum absolute atomic E-state index is 14.9. The van der Waals surface area contributed by atoms with Gasteiger partial charge >= 0.3 is 30.3 Å². The van der Waals surface area contributed by atoms with E-state index >= 15 is 0 Å². The van der Waals surface area contributed by atoms with Crippen LogP contribution in [0.4, 0.5) is 26.3 Å². The zero-order valence-electron chi connectivity index (χ0n) is 44.7. The Morgan fingerprint density at radius 3 is 1.62 bits per heavy atom. The normalized spacial score (nSPS) is 25.7. The molecule has 0 amide bonds. The molecule has 2 aromatic carbocycles. The third-order valence-corrected chi connectivity index (χ3v) is 15.5. The fourth-order valence-corrected chi connectivity index (χ4v) is 11.3. The largest absolute Gasteiger partial charge is 0.459 e. The number of esters is 3. The Balaban J connectivity index is 0.951. The van der Waals surface area contributed by atoms with E-state index in [0.29, 0.717) is 44.9 Å². The highest BCUT2D eigenvalue weighted by atomic mass is 19.4. The van der Waals surface area contributed by atoms with Crippen molar-refractivity contribution in [2.45, 2.75) is 240 Å². The second-order valence-corrected chi connectivity index (χ2v) is 20.9. The molecule has 0 saturated carbocycles. The number of rotatable bonds is 30. The number of carbonyl (C=O) groups excluding carboxylic acids is 3. The Morgan fingerprint density at radius 1 is 0.605 bits per heavy atom. The average Bonchev–Trinajstić information content (AvgIpc) is 4.13. The highest BCUT2D eigenvalue weighted by Crippen LogP contribution is 2.46. The first-order valence-electron chi connectivity index (χ1n) is 27.7. The molecule has 0 bridgehead atoms. The van der Waals surface area contributed by atoms with Crippen LogP contribution in [0, 0.1) is 0 Å². The molecule has 0 radical (unpaired) electrons. The Bertz CT molecular complexity index is 2110. The highest BCUT2D eigenvalue weighted by molar-refractivity contribution is 5.91. The van der Waals surface area contributed by atoms with Crippen molar-refractivity contribution in [3.63, 3.8) is 0 Å². The molecule has 0 aromatic heterocycles. The fraction of sp³-hybridized carbons (Fsp3) is 0.707. The molecule has 3 fully saturated rings. The molecule has 0 aliphatic carbocycles. The van der Waals surface area contributed by atoms with Gasteiger partial charge in [-0.15, -0.1) is 0 Å². The van der Waals surface area contributed by atoms with Gasteiger partial charge in [0, 0.05) is 37.3 Å². The lowest BCUT2D eigenvalue weighted by molar-refractivity contribution is -0.280. The molecule has 0 spiro atoms. The van der Waals surface area contributed by atoms with Crippen LogP contribution >= 0.6 is 0 Å². The summed E-state index contributed by atoms with van der Waals surface area (Å²) in [6.45, 7) is 3.87. The summed E-state index contributed by atoms with van der Waals surface area (Å²) in [5.74, 6) is -3.71. The highest BCUT2D eigenvalue weighted by Gasteiger charge is 2.65. The van der Waals surface area contributed by atoms with Crippen LogP contribution in [0.2, 0.25) is 0 Å². The number of alkyl halides is 6. The quantitative estimate of drug-likeness (QED) is 0.0319. The molecule has 426 valence electrons. The topological polar surface area (TPSA) is 134 Å². The summed E-state index contributed by atoms with van der Waals surface area (Å²) in [5, 5.41) is 0. The molecule has 4 aliphatic rings. The Hall–Kier alpha value is -4.07. The number of halogens is 6. The minimum Gasteiger partial charge on any atom is -0.459 e. The van der Waals surface area contributed by atoms with E-state index in [-0.39, 0.29) is 61.3 Å². The summed E-state index contributed by atoms with van der Waals surface area (Å²) >= 11 is 0. The minimum absolute atomic E-state index is 0.0313. The molecular formula is C58H80F6O12. The van der Waals surface area contributed by atoms with Crippen molar-refractivity contribution in [3.05, 3.63) is 83.4 Å². The standard InChI is InChI=1S/C58H80F6O12/c1-5-6-7-8-9-10-14-23-30-48(76-54(67)56(69-4,58(62,63)64)43-26-19-16-20-27-43)51-36-35-50(75-51)47-34-33-46(70-39-71-47)49-32-31-44(73-49)28-21-12-11-13-22-29-45(38-41-37-40(2)72-52(41)65)74-53(66)55(68-3,57(59,60)61)42-24-17-15-18-25-42/h15-20,24-27,37,40,44-51H,5-14,21-23,28-36,38-39H2,1-4H3/t40-,44+,45+,46-,47+,48-,49-,50+,51+,55-,56-/m0/s1. The zero-order valence-corrected chi connectivity index (χ0v) is 44.7. The summed E-state index contributed by atoms with van der Waals surface area (Å²) in [7, 11) is 1.69. The second-order valence-electron chi connectivity index (χ2n) is 20.9. The molecule has 0 N–H and O–H groups in total. The monoisotopic (exact) mass is 1080 g/mol. The summed E-state index contributed by atoms with van der Waals surface area (Å²) in [4.78, 5) is 39.8. The van der Waals surface area contributed by atoms with Crippen LogP contribution in [0.1, 0.15) is 173 Å². The lowest BCUT2D eigenvalue weighted by Crippen LogP contribution is -2.53. The van der Waals surface area contributed by atoms with Crippen molar-refractivity contribution in [1.82, 2.24) is 0 Å². The molecule has 4 aliphatic heterocycles. The number of unbranched alkanes of at least 4 members (excludes halogenated alkanes) is 11. The summed E-state index contributed by atoms with van der Waals surface area (Å²) < 4.78 is 141. The summed E-state index contributed by atoms with van der Waals surface area (Å²) in [6.07, 6.45) is 4.77. The van der Waals surface area contributed by atoms with Gasteiger partial charge in [0.2, 0.25) is 0 Å². The van der Waals surface area contributed by atoms with Gasteiger partial charge in [-0.05, 0) is 83.6 Å². The predicted octanol–water partition coefficient (Wildman–Crippen LogP) is 13.2. The first kappa shape index (κ1) is 61.1. The van der Waals surface area contributed by atoms with Crippen LogP contribution < -0.4 is 0 Å². The average molecular weight is 1080 g/mol. The van der Waals surface area contributed by atoms with Gasteiger partial charge < -0.3 is 42.6 Å². The van der Waals surface area contributed by atoms with Gasteiger partial charge in [-0.3, -0.25) is 0 Å². The Kier molecular flexibility index (Phi) is 23.5. The Labute approximate surface area is 444 Å². The molecule has 11 atom stereocenters. The predicted molar refractivity (Wildman–Crippen MR) is 270 cm³/mol. The van der Waals surface area contributed by atoms with Crippen LogP contribution in [0.5, 0.6) is 0 Å². The van der Waals surface area contributed by atoms with Gasteiger partial charge in [-0.1, -0.05) is 138 Å². The first-order chi connectivity index (χ1) is 36.5. The number of cyclic esters (lactones) is 1. The summed E-state index contributed by atoms with van der Waals surface area (Å²) in [5.41, 5.74) is -7.18. The molecule has 6 rings (SSSR count). The molecule has 18 heteroatoms.